The number of hydrogen-bond acceptors (Lipinski definition) is 3. The van der Waals surface area contributed by atoms with Gasteiger partial charge in [0, 0.05) is 49.2 Å². The molecule has 250 valence electrons. The van der Waals surface area contributed by atoms with Crippen molar-refractivity contribution < 1.29 is 1.37 Å². The summed E-state index contributed by atoms with van der Waals surface area (Å²) in [5, 5.41) is 4.35. The molecule has 0 amide bonds. The maximum Gasteiger partial charge on any atom is 0.0636 e. The molecule has 0 unspecified atom stereocenters. The second-order valence-corrected chi connectivity index (χ2v) is 14.3. The minimum atomic E-state index is 0.561. The van der Waals surface area contributed by atoms with Crippen LogP contribution in [0.15, 0.2) is 216 Å². The van der Waals surface area contributed by atoms with Gasteiger partial charge in [0.2, 0.25) is 0 Å². The zero-order valence-corrected chi connectivity index (χ0v) is 29.7. The van der Waals surface area contributed by atoms with Crippen molar-refractivity contribution in [3.63, 3.8) is 0 Å². The Labute approximate surface area is 315 Å². The van der Waals surface area contributed by atoms with E-state index in [0.29, 0.717) is 6.04 Å². The SMILES string of the molecule is [2H]c1c2c3c(cccc3c3cc(N(c4ccccc4)c4ccccc4)ccc13)Sc1cc(N(c3ccccc3)c3ccccc3-c3ccccc3)ccc1-2. The van der Waals surface area contributed by atoms with Crippen molar-refractivity contribution in [2.75, 3.05) is 9.80 Å². The summed E-state index contributed by atoms with van der Waals surface area (Å²) in [6, 6.07) is 71.3. The zero-order chi connectivity index (χ0) is 36.0. The first-order valence-electron chi connectivity index (χ1n) is 18.4. The van der Waals surface area contributed by atoms with Crippen LogP contribution in [0.2, 0.25) is 0 Å². The second kappa shape index (κ2) is 13.2. The monoisotopic (exact) mass is 695 g/mol. The first kappa shape index (κ1) is 30.1. The van der Waals surface area contributed by atoms with Gasteiger partial charge in [0.1, 0.15) is 0 Å². The lowest BCUT2D eigenvalue weighted by molar-refractivity contribution is 1.26. The molecule has 0 atom stereocenters. The second-order valence-electron chi connectivity index (χ2n) is 13.3. The molecule has 0 spiro atoms. The molecule has 9 aromatic carbocycles. The van der Waals surface area contributed by atoms with Gasteiger partial charge in [-0.15, -0.1) is 0 Å². The predicted molar refractivity (Wildman–Crippen MR) is 226 cm³/mol. The molecule has 0 N–H and O–H groups in total. The third kappa shape index (κ3) is 5.54. The molecule has 0 aliphatic carbocycles. The Morgan fingerprint density at radius 1 is 0.377 bits per heavy atom. The number of hydrogen-bond donors (Lipinski definition) is 0. The maximum atomic E-state index is 9.79. The summed E-state index contributed by atoms with van der Waals surface area (Å²) in [4.78, 5) is 6.97. The lowest BCUT2D eigenvalue weighted by Gasteiger charge is -2.30. The third-order valence-corrected chi connectivity index (χ3v) is 11.2. The quantitative estimate of drug-likeness (QED) is 0.153. The highest BCUT2D eigenvalue weighted by Gasteiger charge is 2.24. The first-order chi connectivity index (χ1) is 26.7. The molecular weight excluding hydrogens is 661 g/mol. The molecule has 10 rings (SSSR count). The van der Waals surface area contributed by atoms with Gasteiger partial charge < -0.3 is 9.80 Å². The standard InChI is InChI=1S/C50H34N2S/c1-5-16-35(17-6-1)42-24-13-14-26-47(42)52(39-22-11-4-12-23-39)41-30-31-43-46-32-36-28-29-40(51(37-18-7-2-8-19-37)38-20-9-3-10-21-38)33-45(36)44-25-15-27-48(50(44)46)53-49(43)34-41/h1-34H/i32D. The molecule has 1 aliphatic rings. The highest BCUT2D eigenvalue weighted by atomic mass is 32.2. The van der Waals surface area contributed by atoms with Crippen LogP contribution < -0.4 is 9.80 Å². The van der Waals surface area contributed by atoms with E-state index in [1.54, 1.807) is 11.8 Å². The number of para-hydroxylation sites is 4. The van der Waals surface area contributed by atoms with E-state index in [0.717, 1.165) is 66.3 Å². The van der Waals surface area contributed by atoms with Gasteiger partial charge in [0.15, 0.2) is 0 Å². The number of rotatable bonds is 7. The summed E-state index contributed by atoms with van der Waals surface area (Å²) in [5.74, 6) is 0. The first-order valence-corrected chi connectivity index (χ1v) is 18.8. The third-order valence-electron chi connectivity index (χ3n) is 10.1. The van der Waals surface area contributed by atoms with Gasteiger partial charge in [0.05, 0.1) is 7.06 Å². The smallest absolute Gasteiger partial charge is 0.0636 e. The van der Waals surface area contributed by atoms with Crippen LogP contribution in [0.1, 0.15) is 1.37 Å². The summed E-state index contributed by atoms with van der Waals surface area (Å²) in [6.07, 6.45) is 0. The highest BCUT2D eigenvalue weighted by molar-refractivity contribution is 7.99. The van der Waals surface area contributed by atoms with E-state index >= 15 is 0 Å². The fraction of sp³-hybridized carbons (Fsp3) is 0. The molecule has 9 aromatic rings. The Morgan fingerprint density at radius 2 is 0.962 bits per heavy atom. The van der Waals surface area contributed by atoms with Crippen LogP contribution in [0, 0.1) is 0 Å². The fourth-order valence-electron chi connectivity index (χ4n) is 7.70. The van der Waals surface area contributed by atoms with Gasteiger partial charge in [-0.25, -0.2) is 0 Å². The van der Waals surface area contributed by atoms with Crippen molar-refractivity contribution in [1.82, 2.24) is 0 Å². The molecule has 53 heavy (non-hydrogen) atoms. The van der Waals surface area contributed by atoms with Gasteiger partial charge in [-0.1, -0.05) is 139 Å². The van der Waals surface area contributed by atoms with Crippen molar-refractivity contribution in [3.05, 3.63) is 206 Å². The van der Waals surface area contributed by atoms with E-state index in [1.165, 1.54) is 21.4 Å². The largest absolute Gasteiger partial charge is 0.310 e. The molecule has 0 saturated carbocycles. The van der Waals surface area contributed by atoms with Crippen molar-refractivity contribution in [2.24, 2.45) is 0 Å². The molecule has 1 heterocycles. The number of anilines is 6. The van der Waals surface area contributed by atoms with Crippen LogP contribution in [0.4, 0.5) is 34.1 Å². The summed E-state index contributed by atoms with van der Waals surface area (Å²) in [5.41, 5.74) is 11.0. The fourth-order valence-corrected chi connectivity index (χ4v) is 8.85. The minimum Gasteiger partial charge on any atom is -0.310 e. The van der Waals surface area contributed by atoms with E-state index in [-0.39, 0.29) is 0 Å². The lowest BCUT2D eigenvalue weighted by atomic mass is 9.92. The van der Waals surface area contributed by atoms with Gasteiger partial charge in [-0.05, 0) is 112 Å². The highest BCUT2D eigenvalue weighted by Crippen LogP contribution is 2.52. The Kier molecular flexibility index (Phi) is 7.50. The minimum absolute atomic E-state index is 0.561. The molecule has 0 radical (unpaired) electrons. The average Bonchev–Trinajstić information content (AvgIpc) is 3.24. The van der Waals surface area contributed by atoms with E-state index in [1.807, 2.05) is 0 Å². The van der Waals surface area contributed by atoms with Crippen LogP contribution >= 0.6 is 11.8 Å². The van der Waals surface area contributed by atoms with Crippen LogP contribution in [0.3, 0.4) is 0 Å². The lowest BCUT2D eigenvalue weighted by Crippen LogP contribution is -2.11. The summed E-state index contributed by atoms with van der Waals surface area (Å²) < 4.78 is 9.79. The Morgan fingerprint density at radius 3 is 1.66 bits per heavy atom. The Balaban J connectivity index is 1.14. The molecule has 0 fully saturated rings. The summed E-state index contributed by atoms with van der Waals surface area (Å²) in [7, 11) is 0. The van der Waals surface area contributed by atoms with Crippen LogP contribution in [-0.4, -0.2) is 0 Å². The topological polar surface area (TPSA) is 6.48 Å². The van der Waals surface area contributed by atoms with Crippen molar-refractivity contribution in [2.45, 2.75) is 9.79 Å². The van der Waals surface area contributed by atoms with E-state index in [4.69, 9.17) is 0 Å². The van der Waals surface area contributed by atoms with Gasteiger partial charge in [0.25, 0.3) is 0 Å². The summed E-state index contributed by atoms with van der Waals surface area (Å²) in [6.45, 7) is 0. The van der Waals surface area contributed by atoms with Gasteiger partial charge in [-0.3, -0.25) is 0 Å². The number of nitrogens with zero attached hydrogens (tertiary/aromatic N) is 2. The van der Waals surface area contributed by atoms with Crippen LogP contribution in [0.25, 0.3) is 43.8 Å². The van der Waals surface area contributed by atoms with Crippen LogP contribution in [-0.2, 0) is 0 Å². The molecule has 3 heteroatoms. The molecule has 0 saturated heterocycles. The Hall–Kier alpha value is -6.55. The summed E-state index contributed by atoms with van der Waals surface area (Å²) >= 11 is 1.80. The molecular formula is C50H34N2S. The van der Waals surface area contributed by atoms with E-state index in [9.17, 15) is 1.37 Å². The van der Waals surface area contributed by atoms with Crippen molar-refractivity contribution in [1.29, 1.82) is 0 Å². The number of benzene rings is 9. The molecule has 0 bridgehead atoms. The molecule has 2 nitrogen and oxygen atoms in total. The molecule has 1 aliphatic heterocycles. The van der Waals surface area contributed by atoms with Gasteiger partial charge in [-0.2, -0.15) is 0 Å². The normalized spacial score (nSPS) is 12.0. The zero-order valence-electron chi connectivity index (χ0n) is 29.9. The molecule has 0 aromatic heterocycles. The van der Waals surface area contributed by atoms with E-state index < -0.39 is 0 Å². The maximum absolute atomic E-state index is 9.79. The van der Waals surface area contributed by atoms with E-state index in [2.05, 4.69) is 210 Å². The van der Waals surface area contributed by atoms with Gasteiger partial charge >= 0.3 is 0 Å². The predicted octanol–water partition coefficient (Wildman–Crippen LogP) is 14.7. The average molecular weight is 696 g/mol. The van der Waals surface area contributed by atoms with Crippen molar-refractivity contribution >= 4 is 67.4 Å². The Bertz CT molecular complexity index is 2770. The van der Waals surface area contributed by atoms with Crippen molar-refractivity contribution in [3.8, 4) is 22.3 Å². The van der Waals surface area contributed by atoms with Crippen LogP contribution in [0.5, 0.6) is 0 Å². The number of fused-ring (bicyclic) bond motifs is 4.